The van der Waals surface area contributed by atoms with E-state index in [0.717, 1.165) is 31.6 Å². The van der Waals surface area contributed by atoms with E-state index in [2.05, 4.69) is 10.2 Å². The van der Waals surface area contributed by atoms with Gasteiger partial charge >= 0.3 is 5.69 Å². The zero-order valence-corrected chi connectivity index (χ0v) is 12.4. The van der Waals surface area contributed by atoms with Crippen molar-refractivity contribution in [1.82, 2.24) is 4.90 Å². The maximum Gasteiger partial charge on any atom is 0.311 e. The van der Waals surface area contributed by atoms with Crippen molar-refractivity contribution in [3.05, 3.63) is 28.3 Å². The number of hydrogen-bond acceptors (Lipinski definition) is 5. The van der Waals surface area contributed by atoms with Crippen molar-refractivity contribution in [1.29, 1.82) is 0 Å². The Bertz CT molecular complexity index is 436. The molecule has 1 rings (SSSR count). The lowest BCUT2D eigenvalue weighted by atomic mass is 10.2. The highest BCUT2D eigenvalue weighted by molar-refractivity contribution is 5.57. The molecule has 0 atom stereocenters. The van der Waals surface area contributed by atoms with Crippen LogP contribution in [0.3, 0.4) is 0 Å². The minimum absolute atomic E-state index is 0.0114. The number of ether oxygens (including phenoxy) is 1. The van der Waals surface area contributed by atoms with Gasteiger partial charge in [0, 0.05) is 24.4 Å². The lowest BCUT2D eigenvalue weighted by Crippen LogP contribution is -2.16. The van der Waals surface area contributed by atoms with Gasteiger partial charge in [0.2, 0.25) is 0 Å². The third-order valence-electron chi connectivity index (χ3n) is 2.73. The first kappa shape index (κ1) is 16.2. The van der Waals surface area contributed by atoms with Crippen molar-refractivity contribution in [2.24, 2.45) is 0 Å². The van der Waals surface area contributed by atoms with E-state index in [1.54, 1.807) is 12.1 Å². The van der Waals surface area contributed by atoms with Crippen molar-refractivity contribution >= 4 is 11.4 Å². The van der Waals surface area contributed by atoms with Crippen LogP contribution in [0.15, 0.2) is 18.2 Å². The molecule has 6 heteroatoms. The normalized spacial score (nSPS) is 10.6. The van der Waals surface area contributed by atoms with E-state index in [0.29, 0.717) is 12.4 Å². The molecule has 0 spiro atoms. The molecule has 0 heterocycles. The number of nitrogens with one attached hydrogen (secondary N) is 1. The summed E-state index contributed by atoms with van der Waals surface area (Å²) in [4.78, 5) is 12.6. The highest BCUT2D eigenvalue weighted by Gasteiger charge is 2.15. The summed E-state index contributed by atoms with van der Waals surface area (Å²) in [7, 11) is 4.06. The number of anilines is 1. The number of hydrogen-bond donors (Lipinski definition) is 1. The fourth-order valence-corrected chi connectivity index (χ4v) is 1.73. The molecule has 0 unspecified atom stereocenters. The van der Waals surface area contributed by atoms with E-state index >= 15 is 0 Å². The summed E-state index contributed by atoms with van der Waals surface area (Å²) in [5.41, 5.74) is 0.859. The molecule has 0 saturated heterocycles. The van der Waals surface area contributed by atoms with Crippen molar-refractivity contribution < 1.29 is 9.66 Å². The number of rotatable bonds is 9. The van der Waals surface area contributed by atoms with Crippen molar-refractivity contribution in [2.75, 3.05) is 39.1 Å². The fraction of sp³-hybridized carbons (Fsp3) is 0.571. The Hall–Kier alpha value is -1.82. The molecule has 6 nitrogen and oxygen atoms in total. The second-order valence-corrected chi connectivity index (χ2v) is 4.87. The Kier molecular flexibility index (Phi) is 6.79. The number of nitro benzene ring substituents is 1. The molecule has 0 radical (unpaired) electrons. The van der Waals surface area contributed by atoms with Gasteiger partial charge in [-0.2, -0.15) is 0 Å². The molecular formula is C14H23N3O3. The Balaban J connectivity index is 2.66. The molecule has 0 amide bonds. The van der Waals surface area contributed by atoms with Gasteiger partial charge in [-0.1, -0.05) is 6.92 Å². The van der Waals surface area contributed by atoms with E-state index in [9.17, 15) is 10.1 Å². The second kappa shape index (κ2) is 8.37. The average Bonchev–Trinajstić information content (AvgIpc) is 2.41. The van der Waals surface area contributed by atoms with Gasteiger partial charge in [-0.25, -0.2) is 0 Å². The predicted molar refractivity (Wildman–Crippen MR) is 80.5 cm³/mol. The summed E-state index contributed by atoms with van der Waals surface area (Å²) in [6.45, 7) is 4.27. The van der Waals surface area contributed by atoms with Crippen molar-refractivity contribution in [3.8, 4) is 5.75 Å². The van der Waals surface area contributed by atoms with Crippen LogP contribution in [-0.2, 0) is 0 Å². The number of nitro groups is 1. The Morgan fingerprint density at radius 1 is 1.40 bits per heavy atom. The SMILES string of the molecule is CCCOc1cc(NCCCN(C)C)ccc1[N+](=O)[O-]. The summed E-state index contributed by atoms with van der Waals surface area (Å²) >= 11 is 0. The third kappa shape index (κ3) is 5.44. The minimum atomic E-state index is -0.416. The van der Waals surface area contributed by atoms with Crippen molar-refractivity contribution in [3.63, 3.8) is 0 Å². The Morgan fingerprint density at radius 3 is 2.75 bits per heavy atom. The maximum atomic E-state index is 10.9. The van der Waals surface area contributed by atoms with Crippen LogP contribution in [0.2, 0.25) is 0 Å². The molecule has 1 aromatic carbocycles. The Morgan fingerprint density at radius 2 is 2.15 bits per heavy atom. The molecule has 0 aliphatic carbocycles. The van der Waals surface area contributed by atoms with Crippen LogP contribution in [0, 0.1) is 10.1 Å². The first-order valence-corrected chi connectivity index (χ1v) is 6.84. The van der Waals surface area contributed by atoms with Gasteiger partial charge in [0.15, 0.2) is 5.75 Å². The van der Waals surface area contributed by atoms with Crippen LogP contribution in [-0.4, -0.2) is 43.6 Å². The first-order valence-electron chi connectivity index (χ1n) is 6.84. The van der Waals surface area contributed by atoms with Crippen LogP contribution in [0.1, 0.15) is 19.8 Å². The summed E-state index contributed by atoms with van der Waals surface area (Å²) in [6, 6.07) is 4.90. The molecule has 0 aliphatic heterocycles. The number of nitrogens with zero attached hydrogens (tertiary/aromatic N) is 2. The van der Waals surface area contributed by atoms with Gasteiger partial charge in [0.05, 0.1) is 11.5 Å². The van der Waals surface area contributed by atoms with Gasteiger partial charge in [-0.05, 0) is 39.5 Å². The van der Waals surface area contributed by atoms with Crippen molar-refractivity contribution in [2.45, 2.75) is 19.8 Å². The molecular weight excluding hydrogens is 258 g/mol. The van der Waals surface area contributed by atoms with Crippen LogP contribution in [0.5, 0.6) is 5.75 Å². The van der Waals surface area contributed by atoms with E-state index in [1.165, 1.54) is 6.07 Å². The first-order chi connectivity index (χ1) is 9.54. The maximum absolute atomic E-state index is 10.9. The smallest absolute Gasteiger partial charge is 0.311 e. The van der Waals surface area contributed by atoms with Gasteiger partial charge in [0.1, 0.15) is 0 Å². The summed E-state index contributed by atoms with van der Waals surface area (Å²) < 4.78 is 5.44. The third-order valence-corrected chi connectivity index (χ3v) is 2.73. The average molecular weight is 281 g/mol. The quantitative estimate of drug-likeness (QED) is 0.428. The standard InChI is InChI=1S/C14H23N3O3/c1-4-10-20-14-11-12(6-7-13(14)17(18)19)15-8-5-9-16(2)3/h6-7,11,15H,4-5,8-10H2,1-3H3. The summed E-state index contributed by atoms with van der Waals surface area (Å²) in [5, 5.41) is 14.2. The molecule has 0 aliphatic rings. The van der Waals surface area contributed by atoms with E-state index in [4.69, 9.17) is 4.74 Å². The van der Waals surface area contributed by atoms with Crippen LogP contribution >= 0.6 is 0 Å². The van der Waals surface area contributed by atoms with Gasteiger partial charge in [0.25, 0.3) is 0 Å². The molecule has 112 valence electrons. The molecule has 0 bridgehead atoms. The highest BCUT2D eigenvalue weighted by Crippen LogP contribution is 2.30. The van der Waals surface area contributed by atoms with E-state index < -0.39 is 4.92 Å². The molecule has 0 fully saturated rings. The van der Waals surface area contributed by atoms with Crippen LogP contribution < -0.4 is 10.1 Å². The minimum Gasteiger partial charge on any atom is -0.487 e. The van der Waals surface area contributed by atoms with Crippen LogP contribution in [0.4, 0.5) is 11.4 Å². The predicted octanol–water partition coefficient (Wildman–Crippen LogP) is 2.75. The zero-order chi connectivity index (χ0) is 15.0. The largest absolute Gasteiger partial charge is 0.487 e. The van der Waals surface area contributed by atoms with Gasteiger partial charge in [-0.3, -0.25) is 10.1 Å². The van der Waals surface area contributed by atoms with E-state index in [-0.39, 0.29) is 5.69 Å². The topological polar surface area (TPSA) is 67.6 Å². The molecule has 0 saturated carbocycles. The zero-order valence-electron chi connectivity index (χ0n) is 12.4. The summed E-state index contributed by atoms with van der Waals surface area (Å²) in [6.07, 6.45) is 1.83. The van der Waals surface area contributed by atoms with Gasteiger partial charge in [-0.15, -0.1) is 0 Å². The summed E-state index contributed by atoms with van der Waals surface area (Å²) in [5.74, 6) is 0.328. The van der Waals surface area contributed by atoms with Crippen LogP contribution in [0.25, 0.3) is 0 Å². The Labute approximate surface area is 119 Å². The molecule has 1 aromatic rings. The number of benzene rings is 1. The molecule has 0 aromatic heterocycles. The van der Waals surface area contributed by atoms with E-state index in [1.807, 2.05) is 21.0 Å². The monoisotopic (exact) mass is 281 g/mol. The lowest BCUT2D eigenvalue weighted by molar-refractivity contribution is -0.385. The molecule has 1 N–H and O–H groups in total. The van der Waals surface area contributed by atoms with Gasteiger partial charge < -0.3 is 15.0 Å². The second-order valence-electron chi connectivity index (χ2n) is 4.87. The molecule has 20 heavy (non-hydrogen) atoms. The highest BCUT2D eigenvalue weighted by atomic mass is 16.6. The lowest BCUT2D eigenvalue weighted by Gasteiger charge is -2.12. The fourth-order valence-electron chi connectivity index (χ4n) is 1.73.